The van der Waals surface area contributed by atoms with Gasteiger partial charge in [-0.05, 0) is 73.7 Å². The number of rotatable bonds is 5. The van der Waals surface area contributed by atoms with Crippen molar-refractivity contribution in [3.05, 3.63) is 48.5 Å². The number of hydrogen-bond acceptors (Lipinski definition) is 4. The minimum Gasteiger partial charge on any atom is -0.399 e. The predicted molar refractivity (Wildman–Crippen MR) is 99.6 cm³/mol. The number of hydrogen-bond donors (Lipinski definition) is 4. The van der Waals surface area contributed by atoms with Gasteiger partial charge in [-0.2, -0.15) is 0 Å². The number of anilines is 4. The summed E-state index contributed by atoms with van der Waals surface area (Å²) >= 11 is 0. The molecular weight excluding hydrogens is 284 g/mol. The average molecular weight is 310 g/mol. The fourth-order valence-electron chi connectivity index (χ4n) is 3.29. The van der Waals surface area contributed by atoms with Gasteiger partial charge in [0.25, 0.3) is 0 Å². The summed E-state index contributed by atoms with van der Waals surface area (Å²) < 4.78 is 0. The van der Waals surface area contributed by atoms with E-state index in [2.05, 4.69) is 22.8 Å². The van der Waals surface area contributed by atoms with Crippen LogP contribution in [0.25, 0.3) is 0 Å². The van der Waals surface area contributed by atoms with Gasteiger partial charge in [-0.15, -0.1) is 0 Å². The van der Waals surface area contributed by atoms with Crippen LogP contribution in [0, 0.1) is 5.92 Å². The Morgan fingerprint density at radius 3 is 2.09 bits per heavy atom. The molecule has 23 heavy (non-hydrogen) atoms. The topological polar surface area (TPSA) is 76.1 Å². The molecule has 0 aliphatic heterocycles. The van der Waals surface area contributed by atoms with Crippen LogP contribution in [0.1, 0.15) is 25.7 Å². The summed E-state index contributed by atoms with van der Waals surface area (Å²) in [5, 5.41) is 7.18. The highest BCUT2D eigenvalue weighted by Gasteiger charge is 2.21. The minimum atomic E-state index is 0.547. The fraction of sp³-hybridized carbons (Fsp3) is 0.368. The maximum Gasteiger partial charge on any atom is 0.0343 e. The Balaban J connectivity index is 1.49. The molecule has 1 saturated carbocycles. The lowest BCUT2D eigenvalue weighted by molar-refractivity contribution is 0.348. The van der Waals surface area contributed by atoms with Gasteiger partial charge in [0.05, 0.1) is 0 Å². The first kappa shape index (κ1) is 15.5. The van der Waals surface area contributed by atoms with Gasteiger partial charge in [0.2, 0.25) is 0 Å². The second kappa shape index (κ2) is 7.27. The Hall–Kier alpha value is -2.36. The van der Waals surface area contributed by atoms with Crippen LogP contribution in [0.5, 0.6) is 0 Å². The highest BCUT2D eigenvalue weighted by Crippen LogP contribution is 2.27. The molecule has 0 heterocycles. The molecule has 4 heteroatoms. The summed E-state index contributed by atoms with van der Waals surface area (Å²) in [5.74, 6) is 0.701. The van der Waals surface area contributed by atoms with Crippen molar-refractivity contribution >= 4 is 22.7 Å². The summed E-state index contributed by atoms with van der Waals surface area (Å²) in [7, 11) is 0. The molecule has 6 N–H and O–H groups in total. The molecule has 0 saturated heterocycles. The molecule has 4 nitrogen and oxygen atoms in total. The molecule has 2 aromatic carbocycles. The van der Waals surface area contributed by atoms with E-state index in [-0.39, 0.29) is 0 Å². The van der Waals surface area contributed by atoms with Gasteiger partial charge in [-0.1, -0.05) is 6.42 Å². The third kappa shape index (κ3) is 4.55. The van der Waals surface area contributed by atoms with E-state index >= 15 is 0 Å². The zero-order valence-corrected chi connectivity index (χ0v) is 13.5. The van der Waals surface area contributed by atoms with Crippen LogP contribution < -0.4 is 22.1 Å². The molecule has 122 valence electrons. The first-order valence-electron chi connectivity index (χ1n) is 8.40. The summed E-state index contributed by atoms with van der Waals surface area (Å²) in [6.45, 7) is 1.02. The molecule has 2 aromatic rings. The van der Waals surface area contributed by atoms with Gasteiger partial charge in [-0.3, -0.25) is 0 Å². The summed E-state index contributed by atoms with van der Waals surface area (Å²) in [6, 6.07) is 16.5. The van der Waals surface area contributed by atoms with Gasteiger partial charge in [-0.25, -0.2) is 0 Å². The first-order chi connectivity index (χ1) is 11.2. The lowest BCUT2D eigenvalue weighted by atomic mass is 9.85. The second-order valence-corrected chi connectivity index (χ2v) is 6.50. The Kier molecular flexibility index (Phi) is 4.91. The number of nitrogen functional groups attached to an aromatic ring is 2. The molecule has 3 rings (SSSR count). The van der Waals surface area contributed by atoms with E-state index < -0.39 is 0 Å². The molecule has 0 bridgehead atoms. The van der Waals surface area contributed by atoms with E-state index in [0.717, 1.165) is 29.3 Å². The lowest BCUT2D eigenvalue weighted by Crippen LogP contribution is -2.30. The smallest absolute Gasteiger partial charge is 0.0343 e. The predicted octanol–water partition coefficient (Wildman–Crippen LogP) is 3.93. The molecular formula is C19H26N4. The van der Waals surface area contributed by atoms with Crippen molar-refractivity contribution in [3.63, 3.8) is 0 Å². The first-order valence-corrected chi connectivity index (χ1v) is 8.40. The van der Waals surface area contributed by atoms with Crippen molar-refractivity contribution in [1.82, 2.24) is 0 Å². The van der Waals surface area contributed by atoms with Gasteiger partial charge < -0.3 is 22.1 Å². The van der Waals surface area contributed by atoms with Crippen LogP contribution in [0.4, 0.5) is 22.7 Å². The number of nitrogens with one attached hydrogen (secondary N) is 2. The summed E-state index contributed by atoms with van der Waals surface area (Å²) in [6.07, 6.45) is 5.01. The normalized spacial score (nSPS) is 20.9. The largest absolute Gasteiger partial charge is 0.399 e. The fourth-order valence-corrected chi connectivity index (χ4v) is 3.29. The zero-order chi connectivity index (χ0) is 16.1. The highest BCUT2D eigenvalue weighted by molar-refractivity contribution is 5.52. The molecule has 1 aliphatic rings. The quantitative estimate of drug-likeness (QED) is 0.631. The number of nitrogens with two attached hydrogens (primary N) is 2. The van der Waals surface area contributed by atoms with E-state index in [4.69, 9.17) is 11.5 Å². The molecule has 0 aromatic heterocycles. The lowest BCUT2D eigenvalue weighted by Gasteiger charge is -2.31. The van der Waals surface area contributed by atoms with Crippen molar-refractivity contribution < 1.29 is 0 Å². The van der Waals surface area contributed by atoms with Crippen LogP contribution in [-0.2, 0) is 0 Å². The maximum absolute atomic E-state index is 5.74. The van der Waals surface area contributed by atoms with E-state index in [9.17, 15) is 0 Å². The van der Waals surface area contributed by atoms with E-state index in [1.165, 1.54) is 25.7 Å². The van der Waals surface area contributed by atoms with Crippen molar-refractivity contribution in [1.29, 1.82) is 0 Å². The molecule has 0 spiro atoms. The Morgan fingerprint density at radius 1 is 0.826 bits per heavy atom. The van der Waals surface area contributed by atoms with Crippen molar-refractivity contribution in [2.45, 2.75) is 31.7 Å². The van der Waals surface area contributed by atoms with Gasteiger partial charge >= 0.3 is 0 Å². The molecule has 1 aliphatic carbocycles. The molecule has 2 unspecified atom stereocenters. The van der Waals surface area contributed by atoms with Crippen molar-refractivity contribution in [3.8, 4) is 0 Å². The Bertz CT molecular complexity index is 606. The third-order valence-electron chi connectivity index (χ3n) is 4.57. The standard InChI is InChI=1S/C19H26N4/c20-15-4-8-17(9-5-15)22-13-14-2-1-3-19(12-14)23-18-10-6-16(21)7-11-18/h4-11,14,19,22-23H,1-3,12-13,20-21H2. The molecule has 0 amide bonds. The zero-order valence-electron chi connectivity index (χ0n) is 13.5. The molecule has 2 atom stereocenters. The minimum absolute atomic E-state index is 0.547. The summed E-state index contributed by atoms with van der Waals surface area (Å²) in [5.41, 5.74) is 15.4. The molecule has 0 radical (unpaired) electrons. The summed E-state index contributed by atoms with van der Waals surface area (Å²) in [4.78, 5) is 0. The van der Waals surface area contributed by atoms with Crippen LogP contribution in [0.3, 0.4) is 0 Å². The van der Waals surface area contributed by atoms with Crippen LogP contribution in [0.2, 0.25) is 0 Å². The van der Waals surface area contributed by atoms with E-state index in [1.54, 1.807) is 0 Å². The maximum atomic E-state index is 5.74. The van der Waals surface area contributed by atoms with Gasteiger partial charge in [0.1, 0.15) is 0 Å². The Labute approximate surface area is 138 Å². The average Bonchev–Trinajstić information content (AvgIpc) is 2.57. The van der Waals surface area contributed by atoms with Crippen molar-refractivity contribution in [2.24, 2.45) is 5.92 Å². The third-order valence-corrected chi connectivity index (χ3v) is 4.57. The monoisotopic (exact) mass is 310 g/mol. The van der Waals surface area contributed by atoms with Gasteiger partial charge in [0.15, 0.2) is 0 Å². The van der Waals surface area contributed by atoms with Crippen LogP contribution in [0.15, 0.2) is 48.5 Å². The highest BCUT2D eigenvalue weighted by atomic mass is 14.9. The van der Waals surface area contributed by atoms with Crippen molar-refractivity contribution in [2.75, 3.05) is 28.6 Å². The Morgan fingerprint density at radius 2 is 1.43 bits per heavy atom. The SMILES string of the molecule is Nc1ccc(NCC2CCCC(Nc3ccc(N)cc3)C2)cc1. The van der Waals surface area contributed by atoms with Gasteiger partial charge in [0, 0.05) is 35.3 Å². The number of benzene rings is 2. The van der Waals surface area contributed by atoms with E-state index in [1.807, 2.05) is 36.4 Å². The van der Waals surface area contributed by atoms with E-state index in [0.29, 0.717) is 12.0 Å². The van der Waals surface area contributed by atoms with Crippen LogP contribution >= 0.6 is 0 Å². The van der Waals surface area contributed by atoms with Crippen LogP contribution in [-0.4, -0.2) is 12.6 Å². The second-order valence-electron chi connectivity index (χ2n) is 6.50. The molecule has 1 fully saturated rings.